The minimum atomic E-state index is -4.49. The Morgan fingerprint density at radius 3 is 2.30 bits per heavy atom. The van der Waals surface area contributed by atoms with Gasteiger partial charge in [0.1, 0.15) is 17.5 Å². The quantitative estimate of drug-likeness (QED) is 0.431. The number of aliphatic imine (C=N–C) groups is 1. The third-order valence-electron chi connectivity index (χ3n) is 6.29. The lowest BCUT2D eigenvalue weighted by Gasteiger charge is -2.37. The topological polar surface area (TPSA) is 57.5 Å². The summed E-state index contributed by atoms with van der Waals surface area (Å²) in [6, 6.07) is 10.3. The number of aromatic nitrogens is 3. The van der Waals surface area contributed by atoms with Crippen LogP contribution in [-0.2, 0) is 0 Å². The van der Waals surface area contributed by atoms with Gasteiger partial charge in [-0.3, -0.25) is 4.98 Å². The molecule has 0 amide bonds. The number of anilines is 1. The molecule has 2 aromatic heterocycles. The van der Waals surface area contributed by atoms with Gasteiger partial charge in [-0.15, -0.1) is 0 Å². The summed E-state index contributed by atoms with van der Waals surface area (Å²) in [5.41, 5.74) is 1.92. The van der Waals surface area contributed by atoms with Crippen LogP contribution in [0.4, 0.5) is 23.4 Å². The Morgan fingerprint density at radius 1 is 0.865 bits per heavy atom. The number of pyridine rings is 1. The van der Waals surface area contributed by atoms with Gasteiger partial charge in [0.25, 0.3) is 0 Å². The lowest BCUT2D eigenvalue weighted by molar-refractivity contribution is -0.0903. The molecule has 190 valence electrons. The van der Waals surface area contributed by atoms with Crippen molar-refractivity contribution in [3.05, 3.63) is 83.7 Å². The van der Waals surface area contributed by atoms with Crippen molar-refractivity contribution in [1.29, 1.82) is 0 Å². The average molecular weight is 509 g/mol. The van der Waals surface area contributed by atoms with Gasteiger partial charge in [0.2, 0.25) is 0 Å². The fourth-order valence-corrected chi connectivity index (χ4v) is 4.33. The van der Waals surface area contributed by atoms with Crippen LogP contribution >= 0.6 is 0 Å². The fourth-order valence-electron chi connectivity index (χ4n) is 4.33. The highest BCUT2D eigenvalue weighted by atomic mass is 19.4. The molecule has 0 spiro atoms. The lowest BCUT2D eigenvalue weighted by Crippen LogP contribution is -2.46. The Labute approximate surface area is 211 Å². The van der Waals surface area contributed by atoms with Crippen molar-refractivity contribution in [2.24, 2.45) is 4.99 Å². The number of rotatable bonds is 4. The van der Waals surface area contributed by atoms with Crippen molar-refractivity contribution in [3.63, 3.8) is 0 Å². The predicted octanol–water partition coefficient (Wildman–Crippen LogP) is 5.58. The van der Waals surface area contributed by atoms with Crippen molar-refractivity contribution in [2.75, 3.05) is 31.1 Å². The van der Waals surface area contributed by atoms with Gasteiger partial charge in [0.15, 0.2) is 5.82 Å². The zero-order valence-electron chi connectivity index (χ0n) is 20.1. The number of aryl methyl sites for hydroxylation is 1. The lowest BCUT2D eigenvalue weighted by atomic mass is 10.1. The van der Waals surface area contributed by atoms with Gasteiger partial charge in [-0.1, -0.05) is 6.08 Å². The summed E-state index contributed by atoms with van der Waals surface area (Å²) in [5.74, 6) is 0.781. The Hall–Kier alpha value is -4.08. The van der Waals surface area contributed by atoms with Crippen LogP contribution < -0.4 is 4.90 Å². The summed E-state index contributed by atoms with van der Waals surface area (Å²) in [6.45, 7) is 3.28. The molecule has 10 heteroatoms. The number of allylic oxidation sites excluding steroid dienone is 3. The van der Waals surface area contributed by atoms with Crippen molar-refractivity contribution in [2.45, 2.75) is 19.5 Å². The van der Waals surface area contributed by atoms with Crippen molar-refractivity contribution in [1.82, 2.24) is 19.9 Å². The smallest absolute Gasteiger partial charge is 0.353 e. The van der Waals surface area contributed by atoms with Crippen molar-refractivity contribution >= 4 is 12.0 Å². The molecule has 4 heterocycles. The molecule has 2 aliphatic rings. The molecule has 0 radical (unpaired) electrons. The molecular weight excluding hydrogens is 484 g/mol. The number of alkyl halides is 3. The maximum absolute atomic E-state index is 13.9. The second-order valence-electron chi connectivity index (χ2n) is 8.79. The van der Waals surface area contributed by atoms with E-state index in [9.17, 15) is 17.6 Å². The first-order chi connectivity index (χ1) is 17.8. The van der Waals surface area contributed by atoms with E-state index in [2.05, 4.69) is 9.98 Å². The van der Waals surface area contributed by atoms with Crippen molar-refractivity contribution < 1.29 is 17.6 Å². The van der Waals surface area contributed by atoms with Crippen LogP contribution in [-0.4, -0.2) is 58.4 Å². The van der Waals surface area contributed by atoms with Crippen molar-refractivity contribution in [3.8, 4) is 22.6 Å². The van der Waals surface area contributed by atoms with E-state index in [4.69, 9.17) is 9.97 Å². The van der Waals surface area contributed by atoms with E-state index >= 15 is 0 Å². The Balaban J connectivity index is 1.46. The number of piperazine rings is 1. The standard InChI is InChI=1S/C27H24F4N6/c1-18-16-20(5-6-22(18)28)23-17-24(35-25(34-23)19-7-10-32-11-8-19)36-12-14-37(15-13-36)26-21(27(29,30)31)4-2-3-9-33-26/h2,4-11,16-17H,3,12-15H2,1H3. The summed E-state index contributed by atoms with van der Waals surface area (Å²) < 4.78 is 54.9. The van der Waals surface area contributed by atoms with Gasteiger partial charge >= 0.3 is 6.18 Å². The van der Waals surface area contributed by atoms with E-state index in [0.717, 1.165) is 17.2 Å². The van der Waals surface area contributed by atoms with Crippen LogP contribution in [0.1, 0.15) is 12.0 Å². The zero-order chi connectivity index (χ0) is 26.0. The fraction of sp³-hybridized carbons (Fsp3) is 0.259. The average Bonchev–Trinajstić information content (AvgIpc) is 3.17. The van der Waals surface area contributed by atoms with Crippen LogP contribution in [0, 0.1) is 12.7 Å². The Morgan fingerprint density at radius 2 is 1.59 bits per heavy atom. The summed E-state index contributed by atoms with van der Waals surface area (Å²) in [4.78, 5) is 21.4. The Bertz CT molecular complexity index is 1370. The molecule has 1 aromatic carbocycles. The molecule has 0 aliphatic carbocycles. The van der Waals surface area contributed by atoms with Crippen LogP contribution in [0.3, 0.4) is 0 Å². The maximum atomic E-state index is 13.9. The van der Waals surface area contributed by atoms with Crippen LogP contribution in [0.15, 0.2) is 77.3 Å². The van der Waals surface area contributed by atoms with E-state index in [1.54, 1.807) is 48.5 Å². The first kappa shape index (κ1) is 24.6. The summed E-state index contributed by atoms with van der Waals surface area (Å²) in [6.07, 6.45) is 3.25. The van der Waals surface area contributed by atoms with E-state index in [1.165, 1.54) is 18.4 Å². The van der Waals surface area contributed by atoms with Crippen LogP contribution in [0.2, 0.25) is 0 Å². The molecule has 0 bridgehead atoms. The van der Waals surface area contributed by atoms with Gasteiger partial charge in [-0.2, -0.15) is 13.2 Å². The molecule has 0 unspecified atom stereocenters. The molecular formula is C27H24F4N6. The maximum Gasteiger partial charge on any atom is 0.419 e. The van der Waals surface area contributed by atoms with E-state index in [0.29, 0.717) is 55.5 Å². The largest absolute Gasteiger partial charge is 0.419 e. The van der Waals surface area contributed by atoms with Gasteiger partial charge in [-0.05, 0) is 48.9 Å². The molecule has 6 nitrogen and oxygen atoms in total. The van der Waals surface area contributed by atoms with E-state index in [-0.39, 0.29) is 11.6 Å². The molecule has 37 heavy (non-hydrogen) atoms. The highest BCUT2D eigenvalue weighted by Crippen LogP contribution is 2.33. The monoisotopic (exact) mass is 508 g/mol. The highest BCUT2D eigenvalue weighted by Gasteiger charge is 2.37. The first-order valence-electron chi connectivity index (χ1n) is 11.9. The Kier molecular flexibility index (Phi) is 6.73. The molecule has 1 saturated heterocycles. The molecule has 3 aromatic rings. The third kappa shape index (κ3) is 5.37. The summed E-state index contributed by atoms with van der Waals surface area (Å²) >= 11 is 0. The van der Waals surface area contributed by atoms with E-state index in [1.807, 2.05) is 11.0 Å². The van der Waals surface area contributed by atoms with Gasteiger partial charge in [0, 0.05) is 68.4 Å². The van der Waals surface area contributed by atoms with Gasteiger partial charge in [0.05, 0.1) is 11.3 Å². The van der Waals surface area contributed by atoms with Crippen LogP contribution in [0.5, 0.6) is 0 Å². The molecule has 2 aliphatic heterocycles. The van der Waals surface area contributed by atoms with Gasteiger partial charge < -0.3 is 9.80 Å². The number of nitrogens with zero attached hydrogens (tertiary/aromatic N) is 6. The van der Waals surface area contributed by atoms with Gasteiger partial charge in [-0.25, -0.2) is 19.4 Å². The number of hydrogen-bond acceptors (Lipinski definition) is 6. The third-order valence-corrected chi connectivity index (χ3v) is 6.29. The minimum absolute atomic E-state index is 0.0523. The minimum Gasteiger partial charge on any atom is -0.353 e. The summed E-state index contributed by atoms with van der Waals surface area (Å²) in [7, 11) is 0. The zero-order valence-corrected chi connectivity index (χ0v) is 20.1. The van der Waals surface area contributed by atoms with Crippen LogP contribution in [0.25, 0.3) is 22.6 Å². The number of halogens is 4. The second-order valence-corrected chi connectivity index (χ2v) is 8.79. The summed E-state index contributed by atoms with van der Waals surface area (Å²) in [5, 5.41) is 0. The SMILES string of the molecule is Cc1cc(-c2cc(N3CCN(C4=C(C(F)(F)F)C=CCC=N4)CC3)nc(-c3ccncc3)n2)ccc1F. The molecule has 0 saturated carbocycles. The second kappa shape index (κ2) is 10.1. The number of hydrogen-bond donors (Lipinski definition) is 0. The number of benzene rings is 1. The predicted molar refractivity (Wildman–Crippen MR) is 135 cm³/mol. The molecule has 0 atom stereocenters. The normalized spacial score (nSPS) is 16.4. The molecule has 1 fully saturated rings. The molecule has 5 rings (SSSR count). The first-order valence-corrected chi connectivity index (χ1v) is 11.9. The van der Waals surface area contributed by atoms with E-state index < -0.39 is 11.7 Å². The highest BCUT2D eigenvalue weighted by molar-refractivity contribution is 5.68. The molecule has 0 N–H and O–H groups in total.